The van der Waals surface area contributed by atoms with Crippen LogP contribution in [-0.4, -0.2) is 19.5 Å². The van der Waals surface area contributed by atoms with Crippen molar-refractivity contribution in [1.29, 1.82) is 0 Å². The van der Waals surface area contributed by atoms with E-state index in [0.717, 1.165) is 0 Å². The van der Waals surface area contributed by atoms with Crippen molar-refractivity contribution in [3.8, 4) is 0 Å². The fourth-order valence-electron chi connectivity index (χ4n) is 1.01. The summed E-state index contributed by atoms with van der Waals surface area (Å²) in [6, 6.07) is 0. The van der Waals surface area contributed by atoms with Crippen molar-refractivity contribution in [2.24, 2.45) is 7.05 Å². The lowest BCUT2D eigenvalue weighted by atomic mass is 10.4. The molecule has 0 fully saturated rings. The minimum absolute atomic E-state index is 0.138. The van der Waals surface area contributed by atoms with Gasteiger partial charge in [-0.15, -0.1) is 0 Å². The first-order valence-electron chi connectivity index (χ1n) is 3.52. The fourth-order valence-corrected chi connectivity index (χ4v) is 1.22. The number of hydrogen-bond acceptors (Lipinski definition) is 4. The normalized spacial score (nSPS) is 10.6. The van der Waals surface area contributed by atoms with Crippen molar-refractivity contribution in [2.75, 3.05) is 0 Å². The molecular formula is C7H5ClN4O. The Morgan fingerprint density at radius 1 is 1.38 bits per heavy atom. The summed E-state index contributed by atoms with van der Waals surface area (Å²) in [6.07, 6.45) is 2.67. The van der Waals surface area contributed by atoms with Gasteiger partial charge >= 0.3 is 0 Å². The van der Waals surface area contributed by atoms with E-state index in [1.807, 2.05) is 0 Å². The molecule has 0 bridgehead atoms. The standard InChI is InChI=1S/C7H5ClN4O/c1-12-3-11-6-4(7(12)13)5(8)9-2-10-6/h2-3H,1H3. The monoisotopic (exact) mass is 196 g/mol. The number of halogens is 1. The van der Waals surface area contributed by atoms with E-state index in [0.29, 0.717) is 5.65 Å². The number of hydrogen-bond donors (Lipinski definition) is 0. The molecule has 0 radical (unpaired) electrons. The second kappa shape index (κ2) is 2.77. The first-order chi connectivity index (χ1) is 6.20. The van der Waals surface area contributed by atoms with Gasteiger partial charge in [0.05, 0.1) is 6.33 Å². The quantitative estimate of drug-likeness (QED) is 0.572. The number of nitrogens with zero attached hydrogens (tertiary/aromatic N) is 4. The maximum Gasteiger partial charge on any atom is 0.265 e. The van der Waals surface area contributed by atoms with Crippen LogP contribution >= 0.6 is 11.6 Å². The van der Waals surface area contributed by atoms with Gasteiger partial charge in [-0.3, -0.25) is 4.79 Å². The van der Waals surface area contributed by atoms with Crippen LogP contribution in [0.4, 0.5) is 0 Å². The molecule has 0 amide bonds. The van der Waals surface area contributed by atoms with Crippen LogP contribution in [0.2, 0.25) is 5.15 Å². The van der Waals surface area contributed by atoms with Crippen molar-refractivity contribution >= 4 is 22.6 Å². The van der Waals surface area contributed by atoms with Crippen molar-refractivity contribution < 1.29 is 0 Å². The second-order valence-electron chi connectivity index (χ2n) is 2.52. The predicted molar refractivity (Wildman–Crippen MR) is 47.6 cm³/mol. The molecule has 0 saturated heterocycles. The summed E-state index contributed by atoms with van der Waals surface area (Å²) >= 11 is 5.73. The summed E-state index contributed by atoms with van der Waals surface area (Å²) in [5.74, 6) is 0. The number of fused-ring (bicyclic) bond motifs is 1. The largest absolute Gasteiger partial charge is 0.302 e. The van der Waals surface area contributed by atoms with E-state index < -0.39 is 0 Å². The van der Waals surface area contributed by atoms with Gasteiger partial charge in [-0.05, 0) is 0 Å². The van der Waals surface area contributed by atoms with Crippen LogP contribution in [0.5, 0.6) is 0 Å². The van der Waals surface area contributed by atoms with Crippen molar-refractivity contribution in [1.82, 2.24) is 19.5 Å². The van der Waals surface area contributed by atoms with Gasteiger partial charge in [0, 0.05) is 7.05 Å². The molecule has 2 rings (SSSR count). The van der Waals surface area contributed by atoms with E-state index >= 15 is 0 Å². The lowest BCUT2D eigenvalue weighted by molar-refractivity contribution is 0.838. The van der Waals surface area contributed by atoms with Crippen LogP contribution in [0, 0.1) is 0 Å². The fraction of sp³-hybridized carbons (Fsp3) is 0.143. The molecule has 6 heteroatoms. The molecule has 66 valence electrons. The topological polar surface area (TPSA) is 60.7 Å². The number of aryl methyl sites for hydroxylation is 1. The molecule has 0 unspecified atom stereocenters. The Balaban J connectivity index is 3.06. The lowest BCUT2D eigenvalue weighted by Crippen LogP contribution is -2.18. The molecule has 0 N–H and O–H groups in total. The maximum absolute atomic E-state index is 11.5. The summed E-state index contributed by atoms with van der Waals surface area (Å²) < 4.78 is 1.33. The van der Waals surface area contributed by atoms with E-state index in [-0.39, 0.29) is 16.1 Å². The maximum atomic E-state index is 11.5. The van der Waals surface area contributed by atoms with Gasteiger partial charge < -0.3 is 4.57 Å². The third kappa shape index (κ3) is 1.17. The van der Waals surface area contributed by atoms with E-state index in [1.54, 1.807) is 7.05 Å². The highest BCUT2D eigenvalue weighted by Gasteiger charge is 2.07. The Morgan fingerprint density at radius 2 is 2.15 bits per heavy atom. The van der Waals surface area contributed by atoms with Crippen molar-refractivity contribution in [3.63, 3.8) is 0 Å². The highest BCUT2D eigenvalue weighted by atomic mass is 35.5. The van der Waals surface area contributed by atoms with Crippen LogP contribution in [-0.2, 0) is 7.05 Å². The molecule has 2 heterocycles. The summed E-state index contributed by atoms with van der Waals surface area (Å²) in [5.41, 5.74) is 0.0821. The van der Waals surface area contributed by atoms with E-state index in [2.05, 4.69) is 15.0 Å². The van der Waals surface area contributed by atoms with Gasteiger partial charge in [0.15, 0.2) is 5.65 Å². The molecular weight excluding hydrogens is 192 g/mol. The minimum Gasteiger partial charge on any atom is -0.302 e. The highest BCUT2D eigenvalue weighted by Crippen LogP contribution is 2.11. The molecule has 5 nitrogen and oxygen atoms in total. The third-order valence-corrected chi connectivity index (χ3v) is 1.96. The molecule has 0 aliphatic rings. The number of aromatic nitrogens is 4. The molecule has 2 aromatic rings. The third-order valence-electron chi connectivity index (χ3n) is 1.67. The van der Waals surface area contributed by atoms with Crippen molar-refractivity contribution in [3.05, 3.63) is 28.2 Å². The summed E-state index contributed by atoms with van der Waals surface area (Å²) in [6.45, 7) is 0. The average Bonchev–Trinajstić information content (AvgIpc) is 2.12. The van der Waals surface area contributed by atoms with Gasteiger partial charge in [-0.2, -0.15) is 0 Å². The zero-order valence-corrected chi connectivity index (χ0v) is 7.49. The molecule has 0 aromatic carbocycles. The lowest BCUT2D eigenvalue weighted by Gasteiger charge is -1.99. The van der Waals surface area contributed by atoms with Gasteiger partial charge in [0.1, 0.15) is 16.9 Å². The van der Waals surface area contributed by atoms with Gasteiger partial charge in [-0.25, -0.2) is 15.0 Å². The van der Waals surface area contributed by atoms with Crippen LogP contribution in [0.15, 0.2) is 17.4 Å². The van der Waals surface area contributed by atoms with Gasteiger partial charge in [0.2, 0.25) is 0 Å². The Kier molecular flexibility index (Phi) is 1.73. The zero-order chi connectivity index (χ0) is 9.42. The molecule has 0 aliphatic heterocycles. The van der Waals surface area contributed by atoms with E-state index in [4.69, 9.17) is 11.6 Å². The highest BCUT2D eigenvalue weighted by molar-refractivity contribution is 6.33. The molecule has 0 aliphatic carbocycles. The van der Waals surface area contributed by atoms with Crippen LogP contribution < -0.4 is 5.56 Å². The SMILES string of the molecule is Cn1cnc2ncnc(Cl)c2c1=O. The Labute approximate surface area is 78.0 Å². The minimum atomic E-state index is -0.240. The molecule has 2 aromatic heterocycles. The van der Waals surface area contributed by atoms with Crippen molar-refractivity contribution in [2.45, 2.75) is 0 Å². The van der Waals surface area contributed by atoms with E-state index in [1.165, 1.54) is 17.2 Å². The Hall–Kier alpha value is -1.49. The number of rotatable bonds is 0. The van der Waals surface area contributed by atoms with Gasteiger partial charge in [0.25, 0.3) is 5.56 Å². The van der Waals surface area contributed by atoms with E-state index in [9.17, 15) is 4.79 Å². The Morgan fingerprint density at radius 3 is 2.92 bits per heavy atom. The first-order valence-corrected chi connectivity index (χ1v) is 3.90. The summed E-state index contributed by atoms with van der Waals surface area (Å²) in [4.78, 5) is 23.0. The van der Waals surface area contributed by atoms with Crippen LogP contribution in [0.25, 0.3) is 11.0 Å². The Bertz CT molecular complexity index is 521. The molecule has 13 heavy (non-hydrogen) atoms. The molecule has 0 saturated carbocycles. The second-order valence-corrected chi connectivity index (χ2v) is 2.88. The molecule has 0 atom stereocenters. The van der Waals surface area contributed by atoms with Gasteiger partial charge in [-0.1, -0.05) is 11.6 Å². The summed E-state index contributed by atoms with van der Waals surface area (Å²) in [5, 5.41) is 0.396. The summed E-state index contributed by atoms with van der Waals surface area (Å²) in [7, 11) is 1.60. The van der Waals surface area contributed by atoms with Crippen LogP contribution in [0.3, 0.4) is 0 Å². The molecule has 0 spiro atoms. The van der Waals surface area contributed by atoms with Crippen LogP contribution in [0.1, 0.15) is 0 Å². The average molecular weight is 197 g/mol. The zero-order valence-electron chi connectivity index (χ0n) is 6.73. The smallest absolute Gasteiger partial charge is 0.265 e. The first kappa shape index (κ1) is 8.12. The predicted octanol–water partition coefficient (Wildman–Crippen LogP) is 0.377.